The summed E-state index contributed by atoms with van der Waals surface area (Å²) in [6, 6.07) is 12.8. The minimum atomic E-state index is -1.16. The van der Waals surface area contributed by atoms with Gasteiger partial charge in [0.05, 0.1) is 11.4 Å². The smallest absolute Gasteiger partial charge is 0.409 e. The molecule has 0 aliphatic heterocycles. The Bertz CT molecular complexity index is 541. The van der Waals surface area contributed by atoms with Crippen LogP contribution in [0.4, 0.5) is 16.3 Å². The van der Waals surface area contributed by atoms with Gasteiger partial charge in [0.1, 0.15) is 5.82 Å². The summed E-state index contributed by atoms with van der Waals surface area (Å²) in [6.07, 6.45) is -1.16. The predicted molar refractivity (Wildman–Crippen MR) is 65.7 cm³/mol. The molecule has 1 amide bonds. The Kier molecular flexibility index (Phi) is 2.91. The van der Waals surface area contributed by atoms with Gasteiger partial charge in [-0.25, -0.2) is 9.78 Å². The monoisotopic (exact) mass is 229 g/mol. The molecular formula is C12H11N3O2. The van der Waals surface area contributed by atoms with Crippen molar-refractivity contribution in [1.29, 1.82) is 0 Å². The van der Waals surface area contributed by atoms with Crippen LogP contribution in [-0.4, -0.2) is 16.2 Å². The van der Waals surface area contributed by atoms with Gasteiger partial charge in [0.15, 0.2) is 0 Å². The second-order valence-corrected chi connectivity index (χ2v) is 3.43. The third kappa shape index (κ3) is 2.52. The van der Waals surface area contributed by atoms with Crippen LogP contribution in [0.25, 0.3) is 11.3 Å². The molecule has 1 aromatic heterocycles. The lowest BCUT2D eigenvalue weighted by Crippen LogP contribution is -2.10. The van der Waals surface area contributed by atoms with Crippen LogP contribution in [0.5, 0.6) is 0 Å². The van der Waals surface area contributed by atoms with Crippen molar-refractivity contribution in [3.8, 4) is 11.3 Å². The average molecular weight is 229 g/mol. The minimum Gasteiger partial charge on any atom is -0.465 e. The van der Waals surface area contributed by atoms with Crippen LogP contribution in [-0.2, 0) is 0 Å². The first-order valence-electron chi connectivity index (χ1n) is 4.98. The zero-order chi connectivity index (χ0) is 12.3. The van der Waals surface area contributed by atoms with E-state index in [1.54, 1.807) is 12.1 Å². The molecule has 1 heterocycles. The highest BCUT2D eigenvalue weighted by atomic mass is 16.4. The summed E-state index contributed by atoms with van der Waals surface area (Å²) in [6.45, 7) is 0. The topological polar surface area (TPSA) is 88.2 Å². The summed E-state index contributed by atoms with van der Waals surface area (Å²) < 4.78 is 0. The third-order valence-electron chi connectivity index (χ3n) is 2.24. The highest BCUT2D eigenvalue weighted by Gasteiger charge is 2.06. The van der Waals surface area contributed by atoms with E-state index in [4.69, 9.17) is 10.8 Å². The fourth-order valence-corrected chi connectivity index (χ4v) is 1.47. The number of carboxylic acid groups (broad SMARTS) is 1. The van der Waals surface area contributed by atoms with Crippen molar-refractivity contribution in [3.63, 3.8) is 0 Å². The molecule has 0 fully saturated rings. The fraction of sp³-hybridized carbons (Fsp3) is 0. The zero-order valence-corrected chi connectivity index (χ0v) is 8.92. The van der Waals surface area contributed by atoms with Crippen molar-refractivity contribution in [3.05, 3.63) is 42.5 Å². The second-order valence-electron chi connectivity index (χ2n) is 3.43. The predicted octanol–water partition coefficient (Wildman–Crippen LogP) is 2.42. The number of nitrogen functional groups attached to an aromatic ring is 1. The number of aromatic nitrogens is 1. The van der Waals surface area contributed by atoms with Gasteiger partial charge >= 0.3 is 6.09 Å². The molecule has 1 aromatic carbocycles. The molecule has 86 valence electrons. The van der Waals surface area contributed by atoms with E-state index < -0.39 is 6.09 Å². The zero-order valence-electron chi connectivity index (χ0n) is 8.92. The maximum absolute atomic E-state index is 10.5. The Morgan fingerprint density at radius 1 is 1.18 bits per heavy atom. The Hall–Kier alpha value is -2.56. The van der Waals surface area contributed by atoms with Crippen LogP contribution in [0.1, 0.15) is 0 Å². The lowest BCUT2D eigenvalue weighted by atomic mass is 10.1. The number of pyridine rings is 1. The molecule has 0 aliphatic rings. The molecule has 2 aromatic rings. The molecule has 0 aliphatic carbocycles. The Labute approximate surface area is 97.9 Å². The summed E-state index contributed by atoms with van der Waals surface area (Å²) in [5.41, 5.74) is 7.60. The summed E-state index contributed by atoms with van der Waals surface area (Å²) in [4.78, 5) is 14.6. The van der Waals surface area contributed by atoms with Crippen LogP contribution in [0.3, 0.4) is 0 Å². The van der Waals surface area contributed by atoms with Gasteiger partial charge in [-0.3, -0.25) is 5.32 Å². The van der Waals surface area contributed by atoms with Crippen molar-refractivity contribution in [2.24, 2.45) is 0 Å². The third-order valence-corrected chi connectivity index (χ3v) is 2.24. The molecule has 0 bridgehead atoms. The molecule has 0 saturated heterocycles. The van der Waals surface area contributed by atoms with Gasteiger partial charge < -0.3 is 10.8 Å². The summed E-state index contributed by atoms with van der Waals surface area (Å²) in [5.74, 6) is 0.161. The molecule has 0 atom stereocenters. The normalized spacial score (nSPS) is 9.88. The van der Waals surface area contributed by atoms with Gasteiger partial charge in [0, 0.05) is 5.56 Å². The summed E-state index contributed by atoms with van der Waals surface area (Å²) in [5, 5.41) is 10.8. The number of amides is 1. The van der Waals surface area contributed by atoms with Crippen LogP contribution in [0.15, 0.2) is 42.5 Å². The Morgan fingerprint density at radius 2 is 1.88 bits per heavy atom. The fourth-order valence-electron chi connectivity index (χ4n) is 1.47. The quantitative estimate of drug-likeness (QED) is 0.737. The summed E-state index contributed by atoms with van der Waals surface area (Å²) >= 11 is 0. The maximum atomic E-state index is 10.5. The molecule has 0 saturated carbocycles. The standard InChI is InChI=1S/C12H11N3O2/c13-11-10(15-12(16)17)7-6-9(14-11)8-4-2-1-3-5-8/h1-7,15H,(H2,13,14)(H,16,17). The lowest BCUT2D eigenvalue weighted by molar-refractivity contribution is 0.210. The van der Waals surface area contributed by atoms with E-state index in [0.717, 1.165) is 5.56 Å². The number of carbonyl (C=O) groups is 1. The molecule has 5 heteroatoms. The molecular weight excluding hydrogens is 218 g/mol. The average Bonchev–Trinajstić information content (AvgIpc) is 2.32. The number of benzene rings is 1. The molecule has 0 radical (unpaired) electrons. The van der Waals surface area contributed by atoms with Gasteiger partial charge in [-0.1, -0.05) is 30.3 Å². The van der Waals surface area contributed by atoms with Crippen molar-refractivity contribution in [1.82, 2.24) is 4.98 Å². The number of hydrogen-bond acceptors (Lipinski definition) is 3. The van der Waals surface area contributed by atoms with E-state index in [9.17, 15) is 4.79 Å². The van der Waals surface area contributed by atoms with Gasteiger partial charge in [-0.05, 0) is 12.1 Å². The van der Waals surface area contributed by atoms with Crippen molar-refractivity contribution < 1.29 is 9.90 Å². The van der Waals surface area contributed by atoms with Gasteiger partial charge in [-0.2, -0.15) is 0 Å². The largest absolute Gasteiger partial charge is 0.465 e. The van der Waals surface area contributed by atoms with E-state index in [2.05, 4.69) is 10.3 Å². The number of nitrogens with one attached hydrogen (secondary N) is 1. The number of nitrogens with zero attached hydrogens (tertiary/aromatic N) is 1. The van der Waals surface area contributed by atoms with Gasteiger partial charge in [-0.15, -0.1) is 0 Å². The number of nitrogens with two attached hydrogens (primary N) is 1. The SMILES string of the molecule is Nc1nc(-c2ccccc2)ccc1NC(=O)O. The van der Waals surface area contributed by atoms with E-state index in [-0.39, 0.29) is 11.5 Å². The molecule has 5 nitrogen and oxygen atoms in total. The van der Waals surface area contributed by atoms with Gasteiger partial charge in [0.2, 0.25) is 0 Å². The lowest BCUT2D eigenvalue weighted by Gasteiger charge is -2.06. The van der Waals surface area contributed by atoms with Crippen molar-refractivity contribution in [2.75, 3.05) is 11.1 Å². The maximum Gasteiger partial charge on any atom is 0.409 e. The van der Waals surface area contributed by atoms with Crippen LogP contribution in [0, 0.1) is 0 Å². The molecule has 0 unspecified atom stereocenters. The Morgan fingerprint density at radius 3 is 2.47 bits per heavy atom. The minimum absolute atomic E-state index is 0.161. The molecule has 0 spiro atoms. The number of anilines is 2. The summed E-state index contributed by atoms with van der Waals surface area (Å²) in [7, 11) is 0. The molecule has 2 rings (SSSR count). The van der Waals surface area contributed by atoms with Crippen LogP contribution >= 0.6 is 0 Å². The van der Waals surface area contributed by atoms with E-state index >= 15 is 0 Å². The van der Waals surface area contributed by atoms with Crippen LogP contribution < -0.4 is 11.1 Å². The highest BCUT2D eigenvalue weighted by molar-refractivity contribution is 5.87. The van der Waals surface area contributed by atoms with Gasteiger partial charge in [0.25, 0.3) is 0 Å². The number of rotatable bonds is 2. The Balaban J connectivity index is 2.34. The number of hydrogen-bond donors (Lipinski definition) is 3. The second kappa shape index (κ2) is 4.52. The molecule has 17 heavy (non-hydrogen) atoms. The van der Waals surface area contributed by atoms with E-state index in [1.165, 1.54) is 0 Å². The molecule has 4 N–H and O–H groups in total. The van der Waals surface area contributed by atoms with Crippen molar-refractivity contribution in [2.45, 2.75) is 0 Å². The van der Waals surface area contributed by atoms with E-state index in [0.29, 0.717) is 5.69 Å². The van der Waals surface area contributed by atoms with Crippen LogP contribution in [0.2, 0.25) is 0 Å². The van der Waals surface area contributed by atoms with Crippen molar-refractivity contribution >= 4 is 17.6 Å². The first-order valence-corrected chi connectivity index (χ1v) is 4.98. The highest BCUT2D eigenvalue weighted by Crippen LogP contribution is 2.22. The first kappa shape index (κ1) is 10.9. The first-order chi connectivity index (χ1) is 8.16. The van der Waals surface area contributed by atoms with E-state index in [1.807, 2.05) is 30.3 Å².